The third kappa shape index (κ3) is 33.1. The number of esters is 2. The summed E-state index contributed by atoms with van der Waals surface area (Å²) >= 11 is 0. The van der Waals surface area contributed by atoms with Gasteiger partial charge in [0.05, 0.1) is 13.2 Å². The highest BCUT2D eigenvalue weighted by Crippen LogP contribution is 2.43. The van der Waals surface area contributed by atoms with Crippen LogP contribution < -0.4 is 5.73 Å². The van der Waals surface area contributed by atoms with Crippen LogP contribution in [-0.2, 0) is 37.5 Å². The SMILES string of the molecule is CCCCCCCC/C=C/C/C=C/CCCCC(=O)O[C@H](COC(=O)CCCCCCCCCCCCC)COP(=O)(O)OC[C@H](N)C(=O)O. The second kappa shape index (κ2) is 34.1. The Morgan fingerprint density at radius 2 is 1.06 bits per heavy atom. The maximum Gasteiger partial charge on any atom is 0.472 e. The zero-order chi connectivity index (χ0) is 37.1. The molecular formula is C38H70NO10P. The smallest absolute Gasteiger partial charge is 0.472 e. The lowest BCUT2D eigenvalue weighted by Gasteiger charge is -2.20. The Morgan fingerprint density at radius 1 is 0.620 bits per heavy atom. The molecule has 0 heterocycles. The first-order chi connectivity index (χ1) is 24.1. The number of carbonyl (C=O) groups is 3. The number of rotatable bonds is 36. The molecule has 0 rings (SSSR count). The number of ether oxygens (including phenoxy) is 2. The van der Waals surface area contributed by atoms with Crippen LogP contribution in [0.3, 0.4) is 0 Å². The molecule has 12 heteroatoms. The maximum absolute atomic E-state index is 12.5. The van der Waals surface area contributed by atoms with Crippen molar-refractivity contribution in [1.82, 2.24) is 0 Å². The van der Waals surface area contributed by atoms with Gasteiger partial charge in [0, 0.05) is 12.8 Å². The lowest BCUT2D eigenvalue weighted by atomic mass is 10.1. The molecule has 0 aromatic heterocycles. The van der Waals surface area contributed by atoms with Gasteiger partial charge in [-0.1, -0.05) is 134 Å². The molecule has 0 amide bonds. The molecule has 0 radical (unpaired) electrons. The van der Waals surface area contributed by atoms with Crippen molar-refractivity contribution < 1.29 is 47.5 Å². The summed E-state index contributed by atoms with van der Waals surface area (Å²) < 4.78 is 32.5. The second-order valence-corrected chi connectivity index (χ2v) is 14.5. The number of hydrogen-bond acceptors (Lipinski definition) is 9. The highest BCUT2D eigenvalue weighted by atomic mass is 31.2. The molecule has 292 valence electrons. The van der Waals surface area contributed by atoms with Gasteiger partial charge in [0.2, 0.25) is 0 Å². The molecule has 0 saturated carbocycles. The van der Waals surface area contributed by atoms with Crippen LogP contribution in [0.25, 0.3) is 0 Å². The van der Waals surface area contributed by atoms with Crippen LogP contribution >= 0.6 is 7.82 Å². The Bertz CT molecular complexity index is 958. The average Bonchev–Trinajstić information content (AvgIpc) is 3.09. The van der Waals surface area contributed by atoms with Crippen molar-refractivity contribution in [2.75, 3.05) is 19.8 Å². The van der Waals surface area contributed by atoms with Gasteiger partial charge in [-0.2, -0.15) is 0 Å². The molecule has 0 bridgehead atoms. The Hall–Kier alpha value is -2.04. The minimum absolute atomic E-state index is 0.121. The van der Waals surface area contributed by atoms with Gasteiger partial charge < -0.3 is 25.2 Å². The minimum atomic E-state index is -4.71. The summed E-state index contributed by atoms with van der Waals surface area (Å²) in [5.41, 5.74) is 5.31. The molecule has 50 heavy (non-hydrogen) atoms. The van der Waals surface area contributed by atoms with Crippen LogP contribution in [0.5, 0.6) is 0 Å². The van der Waals surface area contributed by atoms with Crippen molar-refractivity contribution in [3.05, 3.63) is 24.3 Å². The molecular weight excluding hydrogens is 661 g/mol. The fraction of sp³-hybridized carbons (Fsp3) is 0.816. The standard InChI is InChI=1S/C38H70NO10P/c1-3-5-7-9-11-13-15-16-17-18-20-22-24-26-28-30-37(41)49-34(32-47-50(44,45)48-33-35(39)38(42)43)31-46-36(40)29-27-25-23-21-19-14-12-10-8-6-4-2/h16-17,20,22,34-35H,3-15,18-19,21,23-33,39H2,1-2H3,(H,42,43)(H,44,45)/b17-16+,22-20+/t34-,35+/m1/s1. The minimum Gasteiger partial charge on any atom is -0.480 e. The van der Waals surface area contributed by atoms with Crippen LogP contribution in [0, 0.1) is 0 Å². The number of phosphoric acid groups is 1. The van der Waals surface area contributed by atoms with Crippen LogP contribution in [0.4, 0.5) is 0 Å². The molecule has 1 unspecified atom stereocenters. The summed E-state index contributed by atoms with van der Waals surface area (Å²) in [6, 6.07) is -1.52. The average molecular weight is 732 g/mol. The van der Waals surface area contributed by atoms with Crippen LogP contribution in [0.15, 0.2) is 24.3 Å². The largest absolute Gasteiger partial charge is 0.480 e. The predicted molar refractivity (Wildman–Crippen MR) is 199 cm³/mol. The van der Waals surface area contributed by atoms with E-state index in [1.807, 2.05) is 0 Å². The predicted octanol–water partition coefficient (Wildman–Crippen LogP) is 9.50. The molecule has 0 fully saturated rings. The number of phosphoric ester groups is 1. The highest BCUT2D eigenvalue weighted by Gasteiger charge is 2.28. The first-order valence-corrected chi connectivity index (χ1v) is 20.9. The topological polar surface area (TPSA) is 172 Å². The molecule has 0 aromatic carbocycles. The fourth-order valence-electron chi connectivity index (χ4n) is 5.09. The van der Waals surface area contributed by atoms with Crippen LogP contribution in [-0.4, -0.2) is 59.9 Å². The lowest BCUT2D eigenvalue weighted by Crippen LogP contribution is -2.34. The highest BCUT2D eigenvalue weighted by molar-refractivity contribution is 7.47. The van der Waals surface area contributed by atoms with Gasteiger partial charge in [-0.05, 0) is 44.9 Å². The van der Waals surface area contributed by atoms with Gasteiger partial charge in [0.15, 0.2) is 6.10 Å². The number of allylic oxidation sites excluding steroid dienone is 4. The first kappa shape index (κ1) is 48.0. The van der Waals surface area contributed by atoms with Crippen molar-refractivity contribution in [3.63, 3.8) is 0 Å². The normalized spacial score (nSPS) is 14.2. The summed E-state index contributed by atoms with van der Waals surface area (Å²) in [4.78, 5) is 45.7. The van der Waals surface area contributed by atoms with E-state index in [1.54, 1.807) is 0 Å². The van der Waals surface area contributed by atoms with Gasteiger partial charge in [-0.3, -0.25) is 23.4 Å². The van der Waals surface area contributed by atoms with E-state index in [2.05, 4.69) is 42.7 Å². The van der Waals surface area contributed by atoms with E-state index in [1.165, 1.54) is 83.5 Å². The molecule has 0 aliphatic rings. The van der Waals surface area contributed by atoms with Crippen molar-refractivity contribution in [2.45, 2.75) is 180 Å². The molecule has 0 aromatic rings. The van der Waals surface area contributed by atoms with Gasteiger partial charge in [-0.25, -0.2) is 4.57 Å². The van der Waals surface area contributed by atoms with Crippen molar-refractivity contribution >= 4 is 25.7 Å². The number of unbranched alkanes of at least 4 members (excludes halogenated alkanes) is 18. The van der Waals surface area contributed by atoms with Gasteiger partial charge >= 0.3 is 25.7 Å². The Labute approximate surface area is 302 Å². The van der Waals surface area contributed by atoms with Crippen LogP contribution in [0.1, 0.15) is 168 Å². The van der Waals surface area contributed by atoms with Crippen molar-refractivity contribution in [1.29, 1.82) is 0 Å². The number of nitrogens with two attached hydrogens (primary N) is 1. The summed E-state index contributed by atoms with van der Waals surface area (Å²) in [7, 11) is -4.71. The van der Waals surface area contributed by atoms with E-state index in [9.17, 15) is 23.8 Å². The molecule has 0 aliphatic carbocycles. The third-order valence-electron chi connectivity index (χ3n) is 8.20. The zero-order valence-electron chi connectivity index (χ0n) is 31.2. The molecule has 0 saturated heterocycles. The molecule has 3 atom stereocenters. The van der Waals surface area contributed by atoms with Crippen molar-refractivity contribution in [3.8, 4) is 0 Å². The summed E-state index contributed by atoms with van der Waals surface area (Å²) in [5, 5.41) is 8.85. The summed E-state index contributed by atoms with van der Waals surface area (Å²) in [6.45, 7) is 2.74. The van der Waals surface area contributed by atoms with Gasteiger partial charge in [0.25, 0.3) is 0 Å². The van der Waals surface area contributed by atoms with E-state index in [0.29, 0.717) is 12.8 Å². The monoisotopic (exact) mass is 731 g/mol. The van der Waals surface area contributed by atoms with Crippen LogP contribution in [0.2, 0.25) is 0 Å². The molecule has 4 N–H and O–H groups in total. The quantitative estimate of drug-likeness (QED) is 0.0242. The Balaban J connectivity index is 4.49. The number of aliphatic carboxylic acids is 1. The Morgan fingerprint density at radius 3 is 1.60 bits per heavy atom. The molecule has 0 spiro atoms. The Kier molecular flexibility index (Phi) is 32.7. The van der Waals surface area contributed by atoms with E-state index in [0.717, 1.165) is 44.9 Å². The third-order valence-corrected chi connectivity index (χ3v) is 9.15. The number of carboxylic acids is 1. The van der Waals surface area contributed by atoms with E-state index < -0.39 is 51.1 Å². The molecule has 0 aliphatic heterocycles. The lowest BCUT2D eigenvalue weighted by molar-refractivity contribution is -0.161. The van der Waals surface area contributed by atoms with Gasteiger partial charge in [-0.15, -0.1) is 0 Å². The number of hydrogen-bond donors (Lipinski definition) is 3. The fourth-order valence-corrected chi connectivity index (χ4v) is 5.87. The van der Waals surface area contributed by atoms with Crippen molar-refractivity contribution in [2.24, 2.45) is 5.73 Å². The second-order valence-electron chi connectivity index (χ2n) is 13.1. The van der Waals surface area contributed by atoms with Gasteiger partial charge in [0.1, 0.15) is 12.6 Å². The number of carboxylic acid groups (broad SMARTS) is 1. The summed E-state index contributed by atoms with van der Waals surface area (Å²) in [5.74, 6) is -2.42. The zero-order valence-corrected chi connectivity index (χ0v) is 32.1. The first-order valence-electron chi connectivity index (χ1n) is 19.4. The molecule has 11 nitrogen and oxygen atoms in total. The number of carbonyl (C=O) groups excluding carboxylic acids is 2. The summed E-state index contributed by atoms with van der Waals surface area (Å²) in [6.07, 6.45) is 32.5. The van der Waals surface area contributed by atoms with E-state index in [-0.39, 0.29) is 19.4 Å². The van der Waals surface area contributed by atoms with E-state index in [4.69, 9.17) is 24.8 Å². The van der Waals surface area contributed by atoms with E-state index >= 15 is 0 Å². The maximum atomic E-state index is 12.5.